The van der Waals surface area contributed by atoms with Crippen LogP contribution in [0.4, 0.5) is 5.82 Å². The minimum Gasteiger partial charge on any atom is -0.497 e. The second-order valence-electron chi connectivity index (χ2n) is 4.21. The highest BCUT2D eigenvalue weighted by Gasteiger charge is 2.25. The van der Waals surface area contributed by atoms with Gasteiger partial charge in [0.15, 0.2) is 0 Å². The SMILES string of the molecule is COc1ccc([C@@H]2SCC(=O)Nc3[nH]ncc32)cc1. The Kier molecular flexibility index (Phi) is 3.16. The molecular formula is C13H13N3O2S. The zero-order valence-electron chi connectivity index (χ0n) is 10.3. The number of nitrogens with one attached hydrogen (secondary N) is 2. The van der Waals surface area contributed by atoms with Gasteiger partial charge in [-0.3, -0.25) is 9.89 Å². The maximum Gasteiger partial charge on any atom is 0.235 e. The number of methoxy groups -OCH3 is 1. The second kappa shape index (κ2) is 4.97. The summed E-state index contributed by atoms with van der Waals surface area (Å²) in [7, 11) is 1.65. The minimum atomic E-state index is -0.00786. The molecule has 98 valence electrons. The summed E-state index contributed by atoms with van der Waals surface area (Å²) in [6.45, 7) is 0. The van der Waals surface area contributed by atoms with Crippen LogP contribution in [0, 0.1) is 0 Å². The third kappa shape index (κ3) is 2.31. The summed E-state index contributed by atoms with van der Waals surface area (Å²) in [5, 5.41) is 9.76. The Morgan fingerprint density at radius 1 is 1.37 bits per heavy atom. The van der Waals surface area contributed by atoms with Crippen molar-refractivity contribution in [2.24, 2.45) is 0 Å². The largest absolute Gasteiger partial charge is 0.497 e. The summed E-state index contributed by atoms with van der Waals surface area (Å²) in [5.41, 5.74) is 2.13. The molecule has 2 aromatic rings. The average molecular weight is 275 g/mol. The van der Waals surface area contributed by atoms with Crippen molar-refractivity contribution in [3.05, 3.63) is 41.6 Å². The van der Waals surface area contributed by atoms with Gasteiger partial charge in [-0.15, -0.1) is 11.8 Å². The van der Waals surface area contributed by atoms with Crippen molar-refractivity contribution in [1.29, 1.82) is 0 Å². The van der Waals surface area contributed by atoms with Gasteiger partial charge in [-0.2, -0.15) is 5.10 Å². The molecule has 0 spiro atoms. The molecule has 0 fully saturated rings. The van der Waals surface area contributed by atoms with E-state index >= 15 is 0 Å². The van der Waals surface area contributed by atoms with Crippen molar-refractivity contribution in [1.82, 2.24) is 10.2 Å². The Morgan fingerprint density at radius 2 is 2.16 bits per heavy atom. The summed E-state index contributed by atoms with van der Waals surface area (Å²) in [4.78, 5) is 11.6. The second-order valence-corrected chi connectivity index (χ2v) is 5.31. The van der Waals surface area contributed by atoms with Crippen LogP contribution < -0.4 is 10.1 Å². The van der Waals surface area contributed by atoms with Gasteiger partial charge in [0.25, 0.3) is 0 Å². The van der Waals surface area contributed by atoms with Crippen molar-refractivity contribution in [2.75, 3.05) is 18.2 Å². The third-order valence-electron chi connectivity index (χ3n) is 3.02. The molecule has 0 unspecified atom stereocenters. The number of anilines is 1. The molecule has 1 aromatic heterocycles. The molecule has 0 saturated heterocycles. The Hall–Kier alpha value is -1.95. The molecule has 1 amide bonds. The first-order valence-electron chi connectivity index (χ1n) is 5.86. The van der Waals surface area contributed by atoms with E-state index < -0.39 is 0 Å². The first-order chi connectivity index (χ1) is 9.28. The number of rotatable bonds is 2. The van der Waals surface area contributed by atoms with Crippen LogP contribution in [0.1, 0.15) is 16.4 Å². The lowest BCUT2D eigenvalue weighted by atomic mass is 10.1. The van der Waals surface area contributed by atoms with Crippen LogP contribution in [-0.2, 0) is 4.79 Å². The van der Waals surface area contributed by atoms with Gasteiger partial charge in [-0.05, 0) is 17.7 Å². The van der Waals surface area contributed by atoms with Crippen molar-refractivity contribution in [2.45, 2.75) is 5.25 Å². The molecule has 2 N–H and O–H groups in total. The Balaban J connectivity index is 1.98. The van der Waals surface area contributed by atoms with E-state index in [9.17, 15) is 4.79 Å². The molecule has 3 rings (SSSR count). The number of hydrogen-bond donors (Lipinski definition) is 2. The molecule has 5 nitrogen and oxygen atoms in total. The fraction of sp³-hybridized carbons (Fsp3) is 0.231. The zero-order chi connectivity index (χ0) is 13.2. The number of carbonyl (C=O) groups excluding carboxylic acids is 1. The number of carbonyl (C=O) groups is 1. The number of H-pyrrole nitrogens is 1. The van der Waals surface area contributed by atoms with Gasteiger partial charge in [0, 0.05) is 5.56 Å². The maximum absolute atomic E-state index is 11.6. The lowest BCUT2D eigenvalue weighted by molar-refractivity contribution is -0.113. The van der Waals surface area contributed by atoms with Gasteiger partial charge in [-0.25, -0.2) is 0 Å². The summed E-state index contributed by atoms with van der Waals surface area (Å²) in [6.07, 6.45) is 1.77. The maximum atomic E-state index is 11.6. The number of fused-ring (bicyclic) bond motifs is 1. The third-order valence-corrected chi connectivity index (χ3v) is 4.30. The van der Waals surface area contributed by atoms with Crippen molar-refractivity contribution in [3.8, 4) is 5.75 Å². The molecule has 2 heterocycles. The number of hydrogen-bond acceptors (Lipinski definition) is 4. The summed E-state index contributed by atoms with van der Waals surface area (Å²) < 4.78 is 5.16. The molecule has 1 aromatic carbocycles. The molecule has 19 heavy (non-hydrogen) atoms. The highest BCUT2D eigenvalue weighted by atomic mass is 32.2. The molecule has 0 aliphatic carbocycles. The first kappa shape index (κ1) is 12.1. The molecular weight excluding hydrogens is 262 g/mol. The van der Waals surface area contributed by atoms with Crippen molar-refractivity contribution in [3.63, 3.8) is 0 Å². The smallest absolute Gasteiger partial charge is 0.235 e. The summed E-state index contributed by atoms with van der Waals surface area (Å²) in [6, 6.07) is 7.89. The lowest BCUT2D eigenvalue weighted by Crippen LogP contribution is -2.12. The summed E-state index contributed by atoms with van der Waals surface area (Å²) >= 11 is 1.59. The van der Waals surface area contributed by atoms with Crippen molar-refractivity contribution < 1.29 is 9.53 Å². The van der Waals surface area contributed by atoms with E-state index in [1.165, 1.54) is 0 Å². The number of amides is 1. The Labute approximate surface area is 114 Å². The number of benzene rings is 1. The van der Waals surface area contributed by atoms with Gasteiger partial charge in [0.1, 0.15) is 11.6 Å². The molecule has 1 aliphatic heterocycles. The lowest BCUT2D eigenvalue weighted by Gasteiger charge is -2.14. The molecule has 1 aliphatic rings. The number of aromatic nitrogens is 2. The fourth-order valence-corrected chi connectivity index (χ4v) is 3.17. The van der Waals surface area contributed by atoms with E-state index in [-0.39, 0.29) is 11.2 Å². The number of thioether (sulfide) groups is 1. The monoisotopic (exact) mass is 275 g/mol. The van der Waals surface area contributed by atoms with E-state index in [2.05, 4.69) is 15.5 Å². The number of nitrogens with zero attached hydrogens (tertiary/aromatic N) is 1. The van der Waals surface area contributed by atoms with E-state index in [1.54, 1.807) is 25.1 Å². The van der Waals surface area contributed by atoms with E-state index in [1.807, 2.05) is 24.3 Å². The zero-order valence-corrected chi connectivity index (χ0v) is 11.2. The van der Waals surface area contributed by atoms with Gasteiger partial charge in [0.05, 0.1) is 24.3 Å². The highest BCUT2D eigenvalue weighted by molar-refractivity contribution is 8.00. The van der Waals surface area contributed by atoms with Crippen molar-refractivity contribution >= 4 is 23.5 Å². The summed E-state index contributed by atoms with van der Waals surface area (Å²) in [5.74, 6) is 1.94. The fourth-order valence-electron chi connectivity index (χ4n) is 2.07. The first-order valence-corrected chi connectivity index (χ1v) is 6.91. The van der Waals surface area contributed by atoms with Crippen LogP contribution in [0.3, 0.4) is 0 Å². The minimum absolute atomic E-state index is 0.00786. The normalized spacial score (nSPS) is 18.4. The number of ether oxygens (including phenoxy) is 1. The topological polar surface area (TPSA) is 67.0 Å². The number of aromatic amines is 1. The predicted molar refractivity (Wildman–Crippen MR) is 74.5 cm³/mol. The van der Waals surface area contributed by atoms with Gasteiger partial charge in [-0.1, -0.05) is 12.1 Å². The predicted octanol–water partition coefficient (Wildman–Crippen LogP) is 2.19. The van der Waals surface area contributed by atoms with Crippen LogP contribution in [0.2, 0.25) is 0 Å². The van der Waals surface area contributed by atoms with Gasteiger partial charge in [0.2, 0.25) is 5.91 Å². The van der Waals surface area contributed by atoms with Crippen LogP contribution in [-0.4, -0.2) is 29.0 Å². The van der Waals surface area contributed by atoms with Crippen LogP contribution in [0.5, 0.6) is 5.75 Å². The van der Waals surface area contributed by atoms with Crippen LogP contribution in [0.25, 0.3) is 0 Å². The molecule has 1 atom stereocenters. The van der Waals surface area contributed by atoms with E-state index in [0.29, 0.717) is 11.6 Å². The molecule has 0 radical (unpaired) electrons. The van der Waals surface area contributed by atoms with Crippen LogP contribution >= 0.6 is 11.8 Å². The Bertz CT molecular complexity index is 594. The van der Waals surface area contributed by atoms with Crippen LogP contribution in [0.15, 0.2) is 30.5 Å². The van der Waals surface area contributed by atoms with E-state index in [0.717, 1.165) is 16.9 Å². The quantitative estimate of drug-likeness (QED) is 0.881. The van der Waals surface area contributed by atoms with Gasteiger partial charge >= 0.3 is 0 Å². The molecule has 0 bridgehead atoms. The highest BCUT2D eigenvalue weighted by Crippen LogP contribution is 2.40. The van der Waals surface area contributed by atoms with E-state index in [4.69, 9.17) is 4.74 Å². The van der Waals surface area contributed by atoms with Gasteiger partial charge < -0.3 is 10.1 Å². The standard InChI is InChI=1S/C13H13N3O2S/c1-18-9-4-2-8(3-5-9)12-10-6-14-16-13(10)15-11(17)7-19-12/h2-6,12H,7H2,1H3,(H2,14,15,16,17)/t12-/m0/s1. The molecule has 0 saturated carbocycles. The average Bonchev–Trinajstić information content (AvgIpc) is 2.82. The molecule has 6 heteroatoms. The Morgan fingerprint density at radius 3 is 2.89 bits per heavy atom.